The molecule has 4 nitrogen and oxygen atoms in total. The van der Waals surface area contributed by atoms with Crippen molar-refractivity contribution in [3.8, 4) is 0 Å². The molecule has 0 aromatic heterocycles. The number of aliphatic carboxylic acids is 2. The number of thiol groups is 1. The Morgan fingerprint density at radius 1 is 1.25 bits per heavy atom. The second-order valence-electron chi connectivity index (χ2n) is 1.41. The van der Waals surface area contributed by atoms with Crippen molar-refractivity contribution in [2.75, 3.05) is 0 Å². The maximum Gasteiger partial charge on any atom is 3.00 e. The number of carboxylic acid groups (broad SMARTS) is 2. The fraction of sp³-hybridized carbons (Fsp3) is 0.500. The third-order valence-corrected chi connectivity index (χ3v) is 1.03. The van der Waals surface area contributed by atoms with Crippen molar-refractivity contribution in [3.05, 3.63) is 0 Å². The van der Waals surface area contributed by atoms with Crippen molar-refractivity contribution in [2.45, 2.75) is 11.7 Å². The van der Waals surface area contributed by atoms with Crippen LogP contribution in [0.5, 0.6) is 0 Å². The zero-order valence-corrected chi connectivity index (χ0v) is 13.7. The van der Waals surface area contributed by atoms with E-state index in [0.29, 0.717) is 0 Å². The first kappa shape index (κ1) is 23.7. The molecule has 0 rings (SSSR count). The molecular formula is C4H4AuNa2O4S+3. The Kier molecular flexibility index (Phi) is 25.7. The summed E-state index contributed by atoms with van der Waals surface area (Å²) >= 11 is 3.38. The summed E-state index contributed by atoms with van der Waals surface area (Å²) < 4.78 is 0. The Labute approximate surface area is 135 Å². The summed E-state index contributed by atoms with van der Waals surface area (Å²) in [6.07, 6.45) is -0.620. The van der Waals surface area contributed by atoms with Crippen molar-refractivity contribution in [3.63, 3.8) is 0 Å². The number of carboxylic acids is 2. The van der Waals surface area contributed by atoms with Crippen LogP contribution in [0.25, 0.3) is 0 Å². The maximum absolute atomic E-state index is 9.76. The normalized spacial score (nSPS) is 9.42. The molecule has 0 aromatic rings. The van der Waals surface area contributed by atoms with Crippen LogP contribution in [0.4, 0.5) is 0 Å². The number of hydrogen-bond acceptors (Lipinski definition) is 5. The van der Waals surface area contributed by atoms with Crippen molar-refractivity contribution in [2.24, 2.45) is 0 Å². The van der Waals surface area contributed by atoms with E-state index in [0.717, 1.165) is 0 Å². The zero-order chi connectivity index (χ0) is 7.44. The van der Waals surface area contributed by atoms with E-state index >= 15 is 0 Å². The molecule has 12 heavy (non-hydrogen) atoms. The fourth-order valence-corrected chi connectivity index (χ4v) is 0.390. The van der Waals surface area contributed by atoms with E-state index in [2.05, 4.69) is 12.6 Å². The van der Waals surface area contributed by atoms with E-state index in [-0.39, 0.29) is 81.5 Å². The van der Waals surface area contributed by atoms with Crippen LogP contribution in [0, 0.1) is 0 Å². The second-order valence-corrected chi connectivity index (χ2v) is 2.03. The number of carbonyl (C=O) groups is 2. The number of hydrogen-bond donors (Lipinski definition) is 1. The summed E-state index contributed by atoms with van der Waals surface area (Å²) in [5.41, 5.74) is 0. The van der Waals surface area contributed by atoms with Gasteiger partial charge >= 0.3 is 81.5 Å². The predicted octanol–water partition coefficient (Wildman–Crippen LogP) is -8.82. The third kappa shape index (κ3) is 14.5. The first-order chi connectivity index (χ1) is 4.04. The molecule has 0 heterocycles. The standard InChI is InChI=1S/C4H6O4S.Au.2Na/c5-3(6)1-2(9)4(7)8;;;/h2,9H,1H2,(H,5,6)(H,7,8);;;/q;+3;2*+1/p-2. The molecule has 0 aliphatic heterocycles. The van der Waals surface area contributed by atoms with Crippen LogP contribution in [0.3, 0.4) is 0 Å². The molecule has 8 heteroatoms. The van der Waals surface area contributed by atoms with E-state index in [1.807, 2.05) is 0 Å². The van der Waals surface area contributed by atoms with Gasteiger partial charge in [0.1, 0.15) is 0 Å². The minimum atomic E-state index is -1.50. The van der Waals surface area contributed by atoms with Crippen LogP contribution in [-0.2, 0) is 32.0 Å². The third-order valence-electron chi connectivity index (χ3n) is 0.632. The maximum atomic E-state index is 9.76. The van der Waals surface area contributed by atoms with E-state index in [1.165, 1.54) is 0 Å². The van der Waals surface area contributed by atoms with Crippen molar-refractivity contribution in [1.82, 2.24) is 0 Å². The SMILES string of the molecule is O=C([O-])CC(S)C(=O)[O-].[Au+3].[Na+].[Na+]. The Morgan fingerprint density at radius 2 is 1.58 bits per heavy atom. The molecule has 0 fully saturated rings. The summed E-state index contributed by atoms with van der Waals surface area (Å²) in [6, 6.07) is 0. The van der Waals surface area contributed by atoms with Gasteiger partial charge in [0.25, 0.3) is 0 Å². The van der Waals surface area contributed by atoms with E-state index in [4.69, 9.17) is 0 Å². The second kappa shape index (κ2) is 13.0. The first-order valence-corrected chi connectivity index (χ1v) is 2.64. The summed E-state index contributed by atoms with van der Waals surface area (Å²) in [4.78, 5) is 19.4. The molecule has 0 spiro atoms. The molecule has 1 unspecified atom stereocenters. The van der Waals surface area contributed by atoms with Gasteiger partial charge in [-0.05, 0) is 0 Å². The van der Waals surface area contributed by atoms with Gasteiger partial charge in [-0.1, -0.05) is 0 Å². The zero-order valence-electron chi connectivity index (χ0n) is 6.67. The molecule has 0 saturated carbocycles. The molecular weight excluding hydrogens is 387 g/mol. The van der Waals surface area contributed by atoms with E-state index < -0.39 is 23.6 Å². The molecule has 1 atom stereocenters. The van der Waals surface area contributed by atoms with Crippen molar-refractivity contribution >= 4 is 24.6 Å². The van der Waals surface area contributed by atoms with Crippen LogP contribution < -0.4 is 69.3 Å². The van der Waals surface area contributed by atoms with Gasteiger partial charge in [0, 0.05) is 17.6 Å². The molecule has 60 valence electrons. The predicted molar refractivity (Wildman–Crippen MR) is 27.4 cm³/mol. The molecule has 0 aromatic carbocycles. The van der Waals surface area contributed by atoms with Crippen LogP contribution >= 0.6 is 12.6 Å². The average molecular weight is 391 g/mol. The Bertz CT molecular complexity index is 145. The minimum Gasteiger partial charge on any atom is -0.550 e. The van der Waals surface area contributed by atoms with Gasteiger partial charge in [-0.15, -0.1) is 0 Å². The van der Waals surface area contributed by atoms with E-state index in [1.54, 1.807) is 0 Å². The Morgan fingerprint density at radius 3 is 1.67 bits per heavy atom. The van der Waals surface area contributed by atoms with Gasteiger partial charge in [0.2, 0.25) is 0 Å². The van der Waals surface area contributed by atoms with Crippen molar-refractivity contribution < 1.29 is 101 Å². The van der Waals surface area contributed by atoms with Crippen molar-refractivity contribution in [1.29, 1.82) is 0 Å². The van der Waals surface area contributed by atoms with Gasteiger partial charge < -0.3 is 19.8 Å². The summed E-state index contributed by atoms with van der Waals surface area (Å²) in [6.45, 7) is 0. The Balaban J connectivity index is -0.000000107. The first-order valence-electron chi connectivity index (χ1n) is 2.13. The van der Waals surface area contributed by atoms with Crippen LogP contribution in [0.15, 0.2) is 0 Å². The molecule has 0 saturated heterocycles. The molecule has 0 bridgehead atoms. The number of carbonyl (C=O) groups excluding carboxylic acids is 2. The molecule has 0 aliphatic rings. The molecule has 0 aliphatic carbocycles. The van der Waals surface area contributed by atoms with Crippen LogP contribution in [0.2, 0.25) is 0 Å². The van der Waals surface area contributed by atoms with E-state index in [9.17, 15) is 19.8 Å². The average Bonchev–Trinajstić information content (AvgIpc) is 1.63. The quantitative estimate of drug-likeness (QED) is 0.383. The van der Waals surface area contributed by atoms with Crippen LogP contribution in [-0.4, -0.2) is 17.2 Å². The largest absolute Gasteiger partial charge is 3.00 e. The van der Waals surface area contributed by atoms with Gasteiger partial charge in [0.15, 0.2) is 0 Å². The fourth-order valence-electron chi connectivity index (χ4n) is 0.241. The smallest absolute Gasteiger partial charge is 0.550 e. The Hall–Kier alpha value is 2.03. The molecule has 0 amide bonds. The van der Waals surface area contributed by atoms with Gasteiger partial charge in [-0.3, -0.25) is 0 Å². The van der Waals surface area contributed by atoms with Crippen LogP contribution in [0.1, 0.15) is 6.42 Å². The molecule has 0 N–H and O–H groups in total. The summed E-state index contributed by atoms with van der Waals surface area (Å²) in [5.74, 6) is -2.94. The van der Waals surface area contributed by atoms with Gasteiger partial charge in [-0.25, -0.2) is 0 Å². The topological polar surface area (TPSA) is 80.3 Å². The summed E-state index contributed by atoms with van der Waals surface area (Å²) in [7, 11) is 0. The monoisotopic (exact) mass is 391 g/mol. The van der Waals surface area contributed by atoms with Gasteiger partial charge in [-0.2, -0.15) is 12.6 Å². The molecule has 0 radical (unpaired) electrons. The number of rotatable bonds is 3. The summed E-state index contributed by atoms with van der Waals surface area (Å²) in [5, 5.41) is 18.2. The van der Waals surface area contributed by atoms with Gasteiger partial charge in [0.05, 0.1) is 5.97 Å². The minimum absolute atomic E-state index is 0.